The van der Waals surface area contributed by atoms with Crippen LogP contribution in [0.4, 0.5) is 5.82 Å². The molecule has 0 fully saturated rings. The van der Waals surface area contributed by atoms with Crippen molar-refractivity contribution in [2.24, 2.45) is 0 Å². The Kier molecular flexibility index (Phi) is 3.70. The van der Waals surface area contributed by atoms with Crippen molar-refractivity contribution in [3.05, 3.63) is 11.8 Å². The number of ether oxygens (including phenoxy) is 1. The molecule has 0 aliphatic carbocycles. The van der Waals surface area contributed by atoms with Crippen LogP contribution < -0.4 is 5.73 Å². The van der Waals surface area contributed by atoms with Crippen molar-refractivity contribution < 1.29 is 9.53 Å². The summed E-state index contributed by atoms with van der Waals surface area (Å²) >= 11 is 1.41. The third-order valence-electron chi connectivity index (χ3n) is 1.49. The van der Waals surface area contributed by atoms with E-state index in [1.165, 1.54) is 18.7 Å². The molecule has 6 heteroatoms. The van der Waals surface area contributed by atoms with Crippen molar-refractivity contribution in [3.8, 4) is 0 Å². The van der Waals surface area contributed by atoms with Crippen LogP contribution >= 0.6 is 11.8 Å². The number of aromatic nitrogens is 2. The summed E-state index contributed by atoms with van der Waals surface area (Å²) in [5.74, 6) is 0.00365. The molecule has 1 rings (SSSR count). The maximum absolute atomic E-state index is 10.5. The lowest BCUT2D eigenvalue weighted by Crippen LogP contribution is -2.05. The zero-order chi connectivity index (χ0) is 10.6. The van der Waals surface area contributed by atoms with E-state index in [4.69, 9.17) is 10.5 Å². The van der Waals surface area contributed by atoms with Crippen LogP contribution in [0.1, 0.15) is 12.5 Å². The molecule has 0 unspecified atom stereocenters. The SMILES string of the molecule is CSc1ncc(COC(C)=O)c(N)n1. The van der Waals surface area contributed by atoms with Crippen molar-refractivity contribution >= 4 is 23.5 Å². The molecule has 0 radical (unpaired) electrons. The zero-order valence-electron chi connectivity index (χ0n) is 7.98. The maximum atomic E-state index is 10.5. The number of nitrogens with zero attached hydrogens (tertiary/aromatic N) is 2. The van der Waals surface area contributed by atoms with Crippen LogP contribution in [0.2, 0.25) is 0 Å². The normalized spacial score (nSPS) is 9.86. The third kappa shape index (κ3) is 2.88. The van der Waals surface area contributed by atoms with Gasteiger partial charge in [0.25, 0.3) is 0 Å². The highest BCUT2D eigenvalue weighted by Crippen LogP contribution is 2.14. The van der Waals surface area contributed by atoms with E-state index in [1.54, 1.807) is 6.20 Å². The topological polar surface area (TPSA) is 78.1 Å². The van der Waals surface area contributed by atoms with E-state index in [9.17, 15) is 4.79 Å². The number of thioether (sulfide) groups is 1. The van der Waals surface area contributed by atoms with E-state index in [2.05, 4.69) is 9.97 Å². The standard InChI is InChI=1S/C8H11N3O2S/c1-5(12)13-4-6-3-10-8(14-2)11-7(6)9/h3H,4H2,1-2H3,(H2,9,10,11). The first-order valence-electron chi connectivity index (χ1n) is 3.92. The molecule has 1 aromatic rings. The summed E-state index contributed by atoms with van der Waals surface area (Å²) in [7, 11) is 0. The lowest BCUT2D eigenvalue weighted by atomic mass is 10.3. The first-order valence-corrected chi connectivity index (χ1v) is 5.14. The summed E-state index contributed by atoms with van der Waals surface area (Å²) in [6, 6.07) is 0. The molecule has 0 aliphatic rings. The van der Waals surface area contributed by atoms with E-state index in [-0.39, 0.29) is 12.6 Å². The van der Waals surface area contributed by atoms with E-state index in [1.807, 2.05) is 6.26 Å². The quantitative estimate of drug-likeness (QED) is 0.455. The third-order valence-corrected chi connectivity index (χ3v) is 2.05. The molecule has 0 atom stereocenters. The first kappa shape index (κ1) is 10.8. The molecule has 2 N–H and O–H groups in total. The minimum atomic E-state index is -0.349. The molecule has 0 saturated carbocycles. The van der Waals surface area contributed by atoms with Crippen molar-refractivity contribution in [2.75, 3.05) is 12.0 Å². The van der Waals surface area contributed by atoms with Crippen LogP contribution in [-0.4, -0.2) is 22.2 Å². The van der Waals surface area contributed by atoms with Gasteiger partial charge in [-0.2, -0.15) is 0 Å². The average Bonchev–Trinajstić information content (AvgIpc) is 2.15. The number of esters is 1. The number of hydrogen-bond donors (Lipinski definition) is 1. The van der Waals surface area contributed by atoms with Gasteiger partial charge in [0.1, 0.15) is 12.4 Å². The highest BCUT2D eigenvalue weighted by atomic mass is 32.2. The van der Waals surface area contributed by atoms with E-state index in [0.717, 1.165) is 0 Å². The van der Waals surface area contributed by atoms with E-state index < -0.39 is 0 Å². The van der Waals surface area contributed by atoms with Gasteiger partial charge in [-0.25, -0.2) is 9.97 Å². The van der Waals surface area contributed by atoms with Gasteiger partial charge in [-0.15, -0.1) is 0 Å². The smallest absolute Gasteiger partial charge is 0.302 e. The average molecular weight is 213 g/mol. The van der Waals surface area contributed by atoms with Gasteiger partial charge in [0.05, 0.1) is 5.56 Å². The largest absolute Gasteiger partial charge is 0.461 e. The monoisotopic (exact) mass is 213 g/mol. The molecule has 1 heterocycles. The molecular formula is C8H11N3O2S. The predicted octanol–water partition coefficient (Wildman–Crippen LogP) is 0.844. The summed E-state index contributed by atoms with van der Waals surface area (Å²) in [5, 5.41) is 0.606. The van der Waals surface area contributed by atoms with Gasteiger partial charge in [-0.1, -0.05) is 11.8 Å². The lowest BCUT2D eigenvalue weighted by molar-refractivity contribution is -0.142. The minimum Gasteiger partial charge on any atom is -0.461 e. The molecule has 0 spiro atoms. The van der Waals surface area contributed by atoms with Gasteiger partial charge in [-0.05, 0) is 6.26 Å². The van der Waals surface area contributed by atoms with Gasteiger partial charge in [0.2, 0.25) is 0 Å². The van der Waals surface area contributed by atoms with Gasteiger partial charge >= 0.3 is 5.97 Å². The van der Waals surface area contributed by atoms with E-state index >= 15 is 0 Å². The Morgan fingerprint density at radius 3 is 2.93 bits per heavy atom. The number of carbonyl (C=O) groups excluding carboxylic acids is 1. The van der Waals surface area contributed by atoms with Gasteiger partial charge in [-0.3, -0.25) is 4.79 Å². The Hall–Kier alpha value is -1.30. The van der Waals surface area contributed by atoms with Crippen LogP contribution in [0.15, 0.2) is 11.4 Å². The fraction of sp³-hybridized carbons (Fsp3) is 0.375. The molecule has 0 saturated heterocycles. The van der Waals surface area contributed by atoms with Crippen molar-refractivity contribution in [1.29, 1.82) is 0 Å². The van der Waals surface area contributed by atoms with Gasteiger partial charge in [0, 0.05) is 13.1 Å². The Labute approximate surface area is 86.1 Å². The van der Waals surface area contributed by atoms with Crippen molar-refractivity contribution in [3.63, 3.8) is 0 Å². The van der Waals surface area contributed by atoms with Gasteiger partial charge in [0.15, 0.2) is 5.16 Å². The highest BCUT2D eigenvalue weighted by molar-refractivity contribution is 7.98. The molecule has 76 valence electrons. The number of nitrogen functional groups attached to an aromatic ring is 1. The summed E-state index contributed by atoms with van der Waals surface area (Å²) in [4.78, 5) is 18.6. The van der Waals surface area contributed by atoms with Crippen LogP contribution in [0.5, 0.6) is 0 Å². The molecule has 0 amide bonds. The fourth-order valence-corrected chi connectivity index (χ4v) is 1.14. The van der Waals surface area contributed by atoms with Crippen molar-refractivity contribution in [1.82, 2.24) is 9.97 Å². The molecule has 1 aromatic heterocycles. The van der Waals surface area contributed by atoms with Crippen LogP contribution in [0.3, 0.4) is 0 Å². The molecule has 0 aromatic carbocycles. The Morgan fingerprint density at radius 2 is 2.43 bits per heavy atom. The second-order valence-corrected chi connectivity index (χ2v) is 3.32. The molecule has 0 aliphatic heterocycles. The molecule has 14 heavy (non-hydrogen) atoms. The van der Waals surface area contributed by atoms with E-state index in [0.29, 0.717) is 16.5 Å². The van der Waals surface area contributed by atoms with Crippen LogP contribution in [0.25, 0.3) is 0 Å². The number of nitrogens with two attached hydrogens (primary N) is 1. The van der Waals surface area contributed by atoms with Crippen LogP contribution in [0, 0.1) is 0 Å². The second kappa shape index (κ2) is 4.80. The highest BCUT2D eigenvalue weighted by Gasteiger charge is 2.04. The summed E-state index contributed by atoms with van der Waals surface area (Å²) < 4.78 is 4.78. The number of hydrogen-bond acceptors (Lipinski definition) is 6. The predicted molar refractivity (Wildman–Crippen MR) is 53.7 cm³/mol. The summed E-state index contributed by atoms with van der Waals surface area (Å²) in [6.07, 6.45) is 3.43. The second-order valence-electron chi connectivity index (χ2n) is 2.55. The lowest BCUT2D eigenvalue weighted by Gasteiger charge is -2.05. The fourth-order valence-electron chi connectivity index (χ4n) is 0.792. The zero-order valence-corrected chi connectivity index (χ0v) is 8.80. The molecule has 5 nitrogen and oxygen atoms in total. The Balaban J connectivity index is 2.73. The first-order chi connectivity index (χ1) is 6.63. The van der Waals surface area contributed by atoms with Gasteiger partial charge < -0.3 is 10.5 Å². The number of carbonyl (C=O) groups is 1. The number of anilines is 1. The summed E-state index contributed by atoms with van der Waals surface area (Å²) in [6.45, 7) is 1.46. The van der Waals surface area contributed by atoms with Crippen molar-refractivity contribution in [2.45, 2.75) is 18.7 Å². The molecule has 0 bridgehead atoms. The Morgan fingerprint density at radius 1 is 1.71 bits per heavy atom. The number of rotatable bonds is 3. The van der Waals surface area contributed by atoms with Crippen LogP contribution in [-0.2, 0) is 16.1 Å². The summed E-state index contributed by atoms with van der Waals surface area (Å²) in [5.41, 5.74) is 6.25. The molecular weight excluding hydrogens is 202 g/mol. The Bertz CT molecular complexity index is 343. The maximum Gasteiger partial charge on any atom is 0.302 e. The minimum absolute atomic E-state index is 0.121.